The first-order valence-electron chi connectivity index (χ1n) is 10.3. The summed E-state index contributed by atoms with van der Waals surface area (Å²) in [5.74, 6) is 0.266. The normalized spacial score (nSPS) is 13.8. The van der Waals surface area contributed by atoms with E-state index in [1.807, 2.05) is 0 Å². The Morgan fingerprint density at radius 2 is 1.57 bits per heavy atom. The summed E-state index contributed by atoms with van der Waals surface area (Å²) in [5.41, 5.74) is 1.29. The summed E-state index contributed by atoms with van der Waals surface area (Å²) in [5, 5.41) is 0.507. The fraction of sp³-hybridized carbons (Fsp3) is 0.115. The van der Waals surface area contributed by atoms with Crippen molar-refractivity contribution in [2.45, 2.75) is 0 Å². The molecule has 0 atom stereocenters. The summed E-state index contributed by atoms with van der Waals surface area (Å²) in [6.45, 7) is 0. The fourth-order valence-corrected chi connectivity index (χ4v) is 3.45. The maximum absolute atomic E-state index is 12.6. The van der Waals surface area contributed by atoms with Gasteiger partial charge >= 0.3 is 11.9 Å². The third-order valence-electron chi connectivity index (χ3n) is 5.03. The lowest BCUT2D eigenvalue weighted by atomic mass is 10.1. The van der Waals surface area contributed by atoms with Crippen LogP contribution in [0.2, 0.25) is 5.02 Å². The van der Waals surface area contributed by atoms with Gasteiger partial charge in [0.1, 0.15) is 5.75 Å². The number of methoxy groups -OCH3 is 3. The SMILES string of the molecule is COc1cc(C2=NC(=Cc3ccccc3OC(=O)c3ccc(Cl)cc3)C(=O)O2)cc(OC)c1OC. The molecule has 9 heteroatoms. The molecule has 0 saturated carbocycles. The van der Waals surface area contributed by atoms with Crippen LogP contribution in [0.3, 0.4) is 0 Å². The van der Waals surface area contributed by atoms with Crippen molar-refractivity contribution in [2.75, 3.05) is 21.3 Å². The monoisotopic (exact) mass is 493 g/mol. The molecule has 178 valence electrons. The molecule has 35 heavy (non-hydrogen) atoms. The highest BCUT2D eigenvalue weighted by atomic mass is 35.5. The van der Waals surface area contributed by atoms with Crippen molar-refractivity contribution in [3.63, 3.8) is 0 Å². The third-order valence-corrected chi connectivity index (χ3v) is 5.28. The van der Waals surface area contributed by atoms with E-state index in [9.17, 15) is 9.59 Å². The van der Waals surface area contributed by atoms with Gasteiger partial charge in [-0.15, -0.1) is 0 Å². The number of halogens is 1. The molecule has 4 rings (SSSR count). The lowest BCUT2D eigenvalue weighted by Crippen LogP contribution is -2.09. The van der Waals surface area contributed by atoms with E-state index in [1.165, 1.54) is 27.4 Å². The first-order chi connectivity index (χ1) is 16.9. The Hall–Kier alpha value is -4.30. The van der Waals surface area contributed by atoms with Crippen molar-refractivity contribution < 1.29 is 33.3 Å². The number of carbonyl (C=O) groups excluding carboxylic acids is 2. The van der Waals surface area contributed by atoms with Gasteiger partial charge in [0, 0.05) is 16.1 Å². The molecule has 0 aromatic heterocycles. The topological polar surface area (TPSA) is 92.7 Å². The molecule has 0 amide bonds. The number of hydrogen-bond donors (Lipinski definition) is 0. The summed E-state index contributed by atoms with van der Waals surface area (Å²) in [7, 11) is 4.46. The minimum Gasteiger partial charge on any atom is -0.493 e. The van der Waals surface area contributed by atoms with E-state index in [2.05, 4.69) is 4.99 Å². The Morgan fingerprint density at radius 1 is 0.914 bits per heavy atom. The Kier molecular flexibility index (Phi) is 7.03. The van der Waals surface area contributed by atoms with Crippen molar-refractivity contribution in [2.24, 2.45) is 4.99 Å². The average Bonchev–Trinajstić information content (AvgIpc) is 3.24. The van der Waals surface area contributed by atoms with Crippen LogP contribution in [0.15, 0.2) is 71.4 Å². The highest BCUT2D eigenvalue weighted by Crippen LogP contribution is 2.39. The van der Waals surface area contributed by atoms with E-state index in [0.717, 1.165) is 0 Å². The van der Waals surface area contributed by atoms with Gasteiger partial charge in [0.25, 0.3) is 0 Å². The predicted octanol–water partition coefficient (Wildman–Crippen LogP) is 4.93. The molecule has 1 aliphatic heterocycles. The zero-order valence-corrected chi connectivity index (χ0v) is 19.8. The molecule has 0 saturated heterocycles. The molecule has 0 radical (unpaired) electrons. The fourth-order valence-electron chi connectivity index (χ4n) is 3.32. The van der Waals surface area contributed by atoms with Gasteiger partial charge in [0.2, 0.25) is 11.6 Å². The zero-order valence-electron chi connectivity index (χ0n) is 19.0. The number of para-hydroxylation sites is 1. The predicted molar refractivity (Wildman–Crippen MR) is 130 cm³/mol. The molecular weight excluding hydrogens is 474 g/mol. The van der Waals surface area contributed by atoms with Crippen LogP contribution >= 0.6 is 11.6 Å². The molecule has 0 bridgehead atoms. The Balaban J connectivity index is 1.65. The third kappa shape index (κ3) is 5.12. The molecule has 0 unspecified atom stereocenters. The van der Waals surface area contributed by atoms with E-state index < -0.39 is 11.9 Å². The minimum atomic E-state index is -0.660. The highest BCUT2D eigenvalue weighted by molar-refractivity contribution is 6.30. The first kappa shape index (κ1) is 23.8. The average molecular weight is 494 g/mol. The van der Waals surface area contributed by atoms with E-state index >= 15 is 0 Å². The molecular formula is C26H20ClNO7. The second-order valence-electron chi connectivity index (χ2n) is 7.18. The van der Waals surface area contributed by atoms with E-state index in [1.54, 1.807) is 60.7 Å². The maximum atomic E-state index is 12.6. The van der Waals surface area contributed by atoms with Crippen LogP contribution < -0.4 is 18.9 Å². The molecule has 0 fully saturated rings. The second kappa shape index (κ2) is 10.3. The Morgan fingerprint density at radius 3 is 2.20 bits per heavy atom. The van der Waals surface area contributed by atoms with Crippen LogP contribution in [0.1, 0.15) is 21.5 Å². The number of cyclic esters (lactones) is 1. The van der Waals surface area contributed by atoms with Crippen molar-refractivity contribution in [3.8, 4) is 23.0 Å². The van der Waals surface area contributed by atoms with Crippen molar-refractivity contribution in [1.82, 2.24) is 0 Å². The number of esters is 2. The van der Waals surface area contributed by atoms with Crippen LogP contribution in [-0.4, -0.2) is 39.2 Å². The van der Waals surface area contributed by atoms with Gasteiger partial charge in [-0.2, -0.15) is 0 Å². The molecule has 8 nitrogen and oxygen atoms in total. The number of carbonyl (C=O) groups is 2. The van der Waals surface area contributed by atoms with Crippen molar-refractivity contribution >= 4 is 35.5 Å². The van der Waals surface area contributed by atoms with E-state index in [0.29, 0.717) is 39.0 Å². The molecule has 0 aliphatic carbocycles. The first-order valence-corrected chi connectivity index (χ1v) is 10.7. The Labute approximate surface area is 206 Å². The molecule has 0 N–H and O–H groups in total. The second-order valence-corrected chi connectivity index (χ2v) is 7.62. The summed E-state index contributed by atoms with van der Waals surface area (Å²) >= 11 is 5.88. The van der Waals surface area contributed by atoms with Gasteiger partial charge in [-0.3, -0.25) is 0 Å². The molecule has 0 spiro atoms. The number of nitrogens with zero attached hydrogens (tertiary/aromatic N) is 1. The maximum Gasteiger partial charge on any atom is 0.363 e. The smallest absolute Gasteiger partial charge is 0.363 e. The number of aliphatic imine (C=N–C) groups is 1. The molecule has 1 heterocycles. The van der Waals surface area contributed by atoms with E-state index in [-0.39, 0.29) is 17.3 Å². The number of ether oxygens (including phenoxy) is 5. The summed E-state index contributed by atoms with van der Waals surface area (Å²) < 4.78 is 26.9. The lowest BCUT2D eigenvalue weighted by molar-refractivity contribution is -0.129. The van der Waals surface area contributed by atoms with Gasteiger partial charge < -0.3 is 23.7 Å². The zero-order chi connectivity index (χ0) is 24.9. The van der Waals surface area contributed by atoms with Crippen LogP contribution in [-0.2, 0) is 9.53 Å². The largest absolute Gasteiger partial charge is 0.493 e. The summed E-state index contributed by atoms with van der Waals surface area (Å²) in [6, 6.07) is 16.3. The van der Waals surface area contributed by atoms with Crippen LogP contribution in [0, 0.1) is 0 Å². The van der Waals surface area contributed by atoms with E-state index in [4.69, 9.17) is 35.3 Å². The standard InChI is InChI=1S/C26H20ClNO7/c1-31-21-13-17(14-22(32-2)23(21)33-3)24-28-19(26(30)35-24)12-16-6-4-5-7-20(16)34-25(29)15-8-10-18(27)11-9-15/h4-14H,1-3H3. The lowest BCUT2D eigenvalue weighted by Gasteiger charge is -2.13. The molecule has 1 aliphatic rings. The van der Waals surface area contributed by atoms with Gasteiger partial charge in [-0.05, 0) is 48.5 Å². The van der Waals surface area contributed by atoms with Gasteiger partial charge in [0.15, 0.2) is 17.2 Å². The van der Waals surface area contributed by atoms with Crippen molar-refractivity contribution in [3.05, 3.63) is 88.1 Å². The summed E-state index contributed by atoms with van der Waals surface area (Å²) in [4.78, 5) is 29.4. The Bertz CT molecular complexity index is 1320. The van der Waals surface area contributed by atoms with Gasteiger partial charge in [-0.1, -0.05) is 29.8 Å². The highest BCUT2D eigenvalue weighted by Gasteiger charge is 2.27. The quantitative estimate of drug-likeness (QED) is 0.262. The van der Waals surface area contributed by atoms with Crippen LogP contribution in [0.5, 0.6) is 23.0 Å². The van der Waals surface area contributed by atoms with Gasteiger partial charge in [0.05, 0.1) is 26.9 Å². The molecule has 3 aromatic rings. The van der Waals surface area contributed by atoms with Crippen LogP contribution in [0.25, 0.3) is 6.08 Å². The minimum absolute atomic E-state index is 0.0312. The number of rotatable bonds is 7. The molecule has 3 aromatic carbocycles. The van der Waals surface area contributed by atoms with Crippen LogP contribution in [0.4, 0.5) is 0 Å². The van der Waals surface area contributed by atoms with Gasteiger partial charge in [-0.25, -0.2) is 14.6 Å². The number of hydrogen-bond acceptors (Lipinski definition) is 8. The van der Waals surface area contributed by atoms with Crippen molar-refractivity contribution in [1.29, 1.82) is 0 Å². The number of benzene rings is 3. The summed E-state index contributed by atoms with van der Waals surface area (Å²) in [6.07, 6.45) is 1.48.